The number of benzene rings is 1. The highest BCUT2D eigenvalue weighted by Gasteiger charge is 2.13. The molecule has 1 saturated heterocycles. The molecule has 1 N–H and O–H groups in total. The molecule has 0 spiro atoms. The van der Waals surface area contributed by atoms with Crippen molar-refractivity contribution in [1.29, 1.82) is 0 Å². The number of hydrogen-bond donors (Lipinski definition) is 1. The lowest BCUT2D eigenvalue weighted by molar-refractivity contribution is 0.726. The van der Waals surface area contributed by atoms with Crippen molar-refractivity contribution in [1.82, 2.24) is 9.97 Å². The molecule has 0 bridgehead atoms. The smallest absolute Gasteiger partial charge is 0.227 e. The molecule has 6 heteroatoms. The van der Waals surface area contributed by atoms with Crippen molar-refractivity contribution >= 4 is 40.7 Å². The maximum Gasteiger partial charge on any atom is 0.227 e. The van der Waals surface area contributed by atoms with Crippen LogP contribution in [0.2, 0.25) is 10.0 Å². The lowest BCUT2D eigenvalue weighted by Crippen LogP contribution is -2.26. The van der Waals surface area contributed by atoms with Crippen LogP contribution in [0.5, 0.6) is 0 Å². The van der Waals surface area contributed by atoms with Crippen LogP contribution >= 0.6 is 23.2 Å². The maximum absolute atomic E-state index is 6.20. The third-order valence-corrected chi connectivity index (χ3v) is 4.57. The first kappa shape index (κ1) is 15.4. The van der Waals surface area contributed by atoms with Crippen LogP contribution in [0.3, 0.4) is 0 Å². The van der Waals surface area contributed by atoms with E-state index in [1.807, 2.05) is 18.2 Å². The fourth-order valence-electron chi connectivity index (χ4n) is 2.58. The van der Waals surface area contributed by atoms with E-state index < -0.39 is 0 Å². The Kier molecular flexibility index (Phi) is 5.01. The van der Waals surface area contributed by atoms with Gasteiger partial charge in [-0.2, -0.15) is 4.98 Å². The summed E-state index contributed by atoms with van der Waals surface area (Å²) in [6.45, 7) is 2.03. The zero-order chi connectivity index (χ0) is 15.4. The summed E-state index contributed by atoms with van der Waals surface area (Å²) in [6, 6.07) is 7.33. The first-order chi connectivity index (χ1) is 10.7. The van der Waals surface area contributed by atoms with E-state index in [1.54, 1.807) is 12.3 Å². The average Bonchev–Trinajstić information content (AvgIpc) is 2.81. The molecule has 116 valence electrons. The first-order valence-electron chi connectivity index (χ1n) is 7.53. The van der Waals surface area contributed by atoms with E-state index in [1.165, 1.54) is 25.7 Å². The number of rotatable bonds is 3. The van der Waals surface area contributed by atoms with E-state index in [2.05, 4.69) is 20.2 Å². The van der Waals surface area contributed by atoms with Gasteiger partial charge < -0.3 is 10.2 Å². The Hall–Kier alpha value is -1.52. The van der Waals surface area contributed by atoms with E-state index in [-0.39, 0.29) is 0 Å². The lowest BCUT2D eigenvalue weighted by atomic mass is 10.2. The normalized spacial score (nSPS) is 15.5. The monoisotopic (exact) mass is 336 g/mol. The zero-order valence-corrected chi connectivity index (χ0v) is 13.7. The minimum Gasteiger partial charge on any atom is -0.341 e. The molecular weight excluding hydrogens is 319 g/mol. The molecule has 3 rings (SSSR count). The van der Waals surface area contributed by atoms with Gasteiger partial charge in [0.05, 0.1) is 15.7 Å². The van der Waals surface area contributed by atoms with Crippen LogP contribution in [0, 0.1) is 0 Å². The molecule has 1 fully saturated rings. The largest absolute Gasteiger partial charge is 0.341 e. The molecule has 1 aromatic carbocycles. The quantitative estimate of drug-likeness (QED) is 0.864. The average molecular weight is 337 g/mol. The van der Waals surface area contributed by atoms with Crippen LogP contribution in [-0.4, -0.2) is 23.1 Å². The zero-order valence-electron chi connectivity index (χ0n) is 12.2. The van der Waals surface area contributed by atoms with Gasteiger partial charge in [0.15, 0.2) is 0 Å². The molecule has 1 aliphatic rings. The van der Waals surface area contributed by atoms with Crippen LogP contribution in [0.1, 0.15) is 25.7 Å². The molecule has 4 nitrogen and oxygen atoms in total. The van der Waals surface area contributed by atoms with Gasteiger partial charge in [0.25, 0.3) is 0 Å². The van der Waals surface area contributed by atoms with E-state index in [0.717, 1.165) is 30.5 Å². The van der Waals surface area contributed by atoms with Gasteiger partial charge in [0.1, 0.15) is 5.82 Å². The fourth-order valence-corrected chi connectivity index (χ4v) is 2.93. The number of hydrogen-bond acceptors (Lipinski definition) is 4. The molecule has 2 heterocycles. The Morgan fingerprint density at radius 2 is 1.77 bits per heavy atom. The molecule has 0 atom stereocenters. The Morgan fingerprint density at radius 3 is 2.55 bits per heavy atom. The highest BCUT2D eigenvalue weighted by atomic mass is 35.5. The van der Waals surface area contributed by atoms with Gasteiger partial charge in [-0.3, -0.25) is 0 Å². The van der Waals surface area contributed by atoms with E-state index >= 15 is 0 Å². The van der Waals surface area contributed by atoms with Gasteiger partial charge >= 0.3 is 0 Å². The molecule has 2 aromatic rings. The van der Waals surface area contributed by atoms with Gasteiger partial charge in [-0.15, -0.1) is 0 Å². The summed E-state index contributed by atoms with van der Waals surface area (Å²) in [6.07, 6.45) is 6.73. The second kappa shape index (κ2) is 7.16. The van der Waals surface area contributed by atoms with E-state index in [4.69, 9.17) is 23.2 Å². The summed E-state index contributed by atoms with van der Waals surface area (Å²) in [5.74, 6) is 1.49. The highest BCUT2D eigenvalue weighted by molar-refractivity contribution is 6.43. The van der Waals surface area contributed by atoms with E-state index in [0.29, 0.717) is 10.0 Å². The molecule has 22 heavy (non-hydrogen) atoms. The maximum atomic E-state index is 6.20. The topological polar surface area (TPSA) is 41.1 Å². The van der Waals surface area contributed by atoms with E-state index in [9.17, 15) is 0 Å². The fraction of sp³-hybridized carbons (Fsp3) is 0.375. The van der Waals surface area contributed by atoms with Crippen molar-refractivity contribution < 1.29 is 0 Å². The molecule has 0 amide bonds. The minimum atomic E-state index is 0.499. The van der Waals surface area contributed by atoms with Gasteiger partial charge in [0, 0.05) is 19.3 Å². The molecule has 0 unspecified atom stereocenters. The summed E-state index contributed by atoms with van der Waals surface area (Å²) >= 11 is 12.2. The second-order valence-corrected chi connectivity index (χ2v) is 6.15. The van der Waals surface area contributed by atoms with Crippen molar-refractivity contribution in [2.75, 3.05) is 23.3 Å². The number of aromatic nitrogens is 2. The molecular formula is C16H18Cl2N4. The van der Waals surface area contributed by atoms with Crippen molar-refractivity contribution in [2.45, 2.75) is 25.7 Å². The van der Waals surface area contributed by atoms with Crippen molar-refractivity contribution in [3.05, 3.63) is 40.5 Å². The van der Waals surface area contributed by atoms with Gasteiger partial charge in [-0.25, -0.2) is 4.98 Å². The van der Waals surface area contributed by atoms with Crippen LogP contribution < -0.4 is 10.2 Å². The van der Waals surface area contributed by atoms with Crippen LogP contribution in [0.25, 0.3) is 0 Å². The third-order valence-electron chi connectivity index (χ3n) is 3.75. The highest BCUT2D eigenvalue weighted by Crippen LogP contribution is 2.31. The standard InChI is InChI=1S/C16H18Cl2N4/c17-12-6-5-7-13(15(12)18)20-14-8-9-19-16(21-14)22-10-3-1-2-4-11-22/h5-9H,1-4,10-11H2,(H,19,20,21). The number of nitrogens with one attached hydrogen (secondary N) is 1. The second-order valence-electron chi connectivity index (χ2n) is 5.37. The SMILES string of the molecule is Clc1cccc(Nc2ccnc(N3CCCCCC3)n2)c1Cl. The van der Waals surface area contributed by atoms with Gasteiger partial charge in [-0.05, 0) is 31.0 Å². The van der Waals surface area contributed by atoms with Crippen molar-refractivity contribution in [2.24, 2.45) is 0 Å². The molecule has 0 radical (unpaired) electrons. The summed E-state index contributed by atoms with van der Waals surface area (Å²) in [7, 11) is 0. The predicted octanol–water partition coefficient (Wildman–Crippen LogP) is 4.91. The van der Waals surface area contributed by atoms with Crippen molar-refractivity contribution in [3.63, 3.8) is 0 Å². The molecule has 0 saturated carbocycles. The molecule has 0 aliphatic carbocycles. The van der Waals surface area contributed by atoms with Crippen LogP contribution in [0.4, 0.5) is 17.5 Å². The Balaban J connectivity index is 1.80. The van der Waals surface area contributed by atoms with Crippen LogP contribution in [-0.2, 0) is 0 Å². The summed E-state index contributed by atoms with van der Waals surface area (Å²) in [4.78, 5) is 11.3. The number of anilines is 3. The summed E-state index contributed by atoms with van der Waals surface area (Å²) in [5, 5.41) is 4.23. The Morgan fingerprint density at radius 1 is 1.00 bits per heavy atom. The number of halogens is 2. The van der Waals surface area contributed by atoms with Crippen LogP contribution in [0.15, 0.2) is 30.5 Å². The van der Waals surface area contributed by atoms with Gasteiger partial charge in [0.2, 0.25) is 5.95 Å². The minimum absolute atomic E-state index is 0.499. The van der Waals surface area contributed by atoms with Crippen molar-refractivity contribution in [3.8, 4) is 0 Å². The molecule has 1 aliphatic heterocycles. The van der Waals surface area contributed by atoms with Gasteiger partial charge in [-0.1, -0.05) is 42.1 Å². The Labute approximate surface area is 140 Å². The summed E-state index contributed by atoms with van der Waals surface area (Å²) in [5.41, 5.74) is 0.745. The Bertz CT molecular complexity index is 640. The third kappa shape index (κ3) is 3.62. The molecule has 1 aromatic heterocycles. The lowest BCUT2D eigenvalue weighted by Gasteiger charge is -2.20. The predicted molar refractivity (Wildman–Crippen MR) is 92.5 cm³/mol. The first-order valence-corrected chi connectivity index (χ1v) is 8.29. The number of nitrogens with zero attached hydrogens (tertiary/aromatic N) is 3. The summed E-state index contributed by atoms with van der Waals surface area (Å²) < 4.78 is 0.